The first-order valence-corrected chi connectivity index (χ1v) is 14.8. The first kappa shape index (κ1) is 32.3. The lowest BCUT2D eigenvalue weighted by molar-refractivity contribution is 0.00955. The van der Waals surface area contributed by atoms with Gasteiger partial charge in [-0.3, -0.25) is 9.48 Å². The third-order valence-electron chi connectivity index (χ3n) is 6.87. The van der Waals surface area contributed by atoms with Crippen LogP contribution in [-0.2, 0) is 18.9 Å². The predicted octanol–water partition coefficient (Wildman–Crippen LogP) is 6.24. The quantitative estimate of drug-likeness (QED) is 0.139. The number of hydrogen-bond donors (Lipinski definition) is 0. The molecule has 3 aromatic heterocycles. The third-order valence-corrected chi connectivity index (χ3v) is 6.87. The molecule has 4 heterocycles. The molecule has 14 heteroatoms. The average Bonchev–Trinajstić information content (AvgIpc) is 3.61. The van der Waals surface area contributed by atoms with Crippen LogP contribution in [0.3, 0.4) is 0 Å². The Morgan fingerprint density at radius 1 is 0.935 bits per heavy atom. The van der Waals surface area contributed by atoms with Gasteiger partial charge in [-0.25, -0.2) is 23.9 Å². The van der Waals surface area contributed by atoms with Crippen molar-refractivity contribution < 1.29 is 38.1 Å². The maximum Gasteiger partial charge on any atom is 0.517 e. The fourth-order valence-electron chi connectivity index (χ4n) is 5.06. The highest BCUT2D eigenvalue weighted by Gasteiger charge is 2.37. The van der Waals surface area contributed by atoms with E-state index in [1.807, 2.05) is 16.8 Å². The number of benzene rings is 1. The van der Waals surface area contributed by atoms with Gasteiger partial charge in [0.1, 0.15) is 29.3 Å². The summed E-state index contributed by atoms with van der Waals surface area (Å²) in [5.74, 6) is -0.217. The minimum atomic E-state index is -1.39. The molecule has 0 bridgehead atoms. The Kier molecular flexibility index (Phi) is 8.92. The van der Waals surface area contributed by atoms with Gasteiger partial charge >= 0.3 is 18.3 Å². The molecule has 1 aliphatic rings. The van der Waals surface area contributed by atoms with E-state index < -0.39 is 29.5 Å². The minimum absolute atomic E-state index is 0.0164. The number of aldehydes is 1. The molecule has 0 spiro atoms. The van der Waals surface area contributed by atoms with Gasteiger partial charge in [-0.2, -0.15) is 15.1 Å². The molecule has 0 saturated carbocycles. The van der Waals surface area contributed by atoms with Crippen LogP contribution >= 0.6 is 0 Å². The van der Waals surface area contributed by atoms with Crippen molar-refractivity contribution in [1.29, 1.82) is 0 Å². The largest absolute Gasteiger partial charge is 0.517 e. The van der Waals surface area contributed by atoms with Crippen molar-refractivity contribution in [1.82, 2.24) is 24.4 Å². The highest BCUT2D eigenvalue weighted by molar-refractivity contribution is 6.14. The molecule has 1 aliphatic heterocycles. The number of anilines is 1. The molecule has 5 rings (SSSR count). The number of hydrogen-bond acceptors (Lipinski definition) is 11. The Hall–Kier alpha value is -5.11. The second kappa shape index (κ2) is 12.7. The lowest BCUT2D eigenvalue weighted by Crippen LogP contribution is -2.43. The Morgan fingerprint density at radius 2 is 1.65 bits per heavy atom. The van der Waals surface area contributed by atoms with Crippen molar-refractivity contribution in [2.45, 2.75) is 71.6 Å². The molecular formula is C32H36N6O8. The van der Waals surface area contributed by atoms with E-state index in [1.165, 1.54) is 4.52 Å². The van der Waals surface area contributed by atoms with E-state index in [1.54, 1.807) is 72.0 Å². The van der Waals surface area contributed by atoms with Gasteiger partial charge in [0.05, 0.1) is 17.4 Å². The summed E-state index contributed by atoms with van der Waals surface area (Å²) in [4.78, 5) is 56.4. The van der Waals surface area contributed by atoms with Crippen LogP contribution in [0.25, 0.3) is 28.0 Å². The fourth-order valence-corrected chi connectivity index (χ4v) is 5.06. The fraction of sp³-hybridized carbons (Fsp3) is 0.406. The Labute approximate surface area is 265 Å². The highest BCUT2D eigenvalue weighted by Crippen LogP contribution is 2.39. The van der Waals surface area contributed by atoms with Gasteiger partial charge in [-0.1, -0.05) is 18.2 Å². The first-order valence-electron chi connectivity index (χ1n) is 14.8. The molecule has 242 valence electrons. The summed E-state index contributed by atoms with van der Waals surface area (Å²) in [6, 6.07) is 10.5. The molecule has 4 aromatic rings. The van der Waals surface area contributed by atoms with Gasteiger partial charge in [-0.05, 0) is 72.6 Å². The Bertz CT molecular complexity index is 1770. The molecule has 0 atom stereocenters. The van der Waals surface area contributed by atoms with Crippen molar-refractivity contribution in [3.63, 3.8) is 0 Å². The van der Waals surface area contributed by atoms with Crippen molar-refractivity contribution in [2.75, 3.05) is 18.1 Å². The molecule has 0 unspecified atom stereocenters. The van der Waals surface area contributed by atoms with E-state index in [4.69, 9.17) is 18.9 Å². The van der Waals surface area contributed by atoms with Crippen LogP contribution in [0, 0.1) is 0 Å². The molecule has 0 N–H and O–H groups in total. The summed E-state index contributed by atoms with van der Waals surface area (Å²) in [7, 11) is 0. The number of carbonyl (C=O) groups is 4. The third kappa shape index (κ3) is 7.07. The number of fused-ring (bicyclic) bond motifs is 1. The number of carbonyl (C=O) groups excluding carboxylic acids is 4. The molecule has 14 nitrogen and oxygen atoms in total. The van der Waals surface area contributed by atoms with E-state index in [0.717, 1.165) is 25.5 Å². The van der Waals surface area contributed by atoms with Crippen molar-refractivity contribution >= 4 is 36.0 Å². The summed E-state index contributed by atoms with van der Waals surface area (Å²) >= 11 is 0. The zero-order valence-corrected chi connectivity index (χ0v) is 26.6. The summed E-state index contributed by atoms with van der Waals surface area (Å²) < 4.78 is 24.7. The van der Waals surface area contributed by atoms with Crippen LogP contribution in [0.4, 0.5) is 20.2 Å². The summed E-state index contributed by atoms with van der Waals surface area (Å²) in [5.41, 5.74) is 0.986. The first-order chi connectivity index (χ1) is 21.8. The van der Waals surface area contributed by atoms with Crippen molar-refractivity contribution in [3.8, 4) is 22.5 Å². The van der Waals surface area contributed by atoms with Gasteiger partial charge in [0, 0.05) is 36.1 Å². The molecule has 2 amide bonds. The van der Waals surface area contributed by atoms with Crippen LogP contribution in [-0.4, -0.2) is 73.4 Å². The molecule has 1 saturated heterocycles. The van der Waals surface area contributed by atoms with Crippen LogP contribution in [0.5, 0.6) is 0 Å². The second-order valence-corrected chi connectivity index (χ2v) is 12.7. The number of imide groups is 1. The summed E-state index contributed by atoms with van der Waals surface area (Å²) in [6.07, 6.45) is 1.16. The maximum atomic E-state index is 13.7. The zero-order chi connectivity index (χ0) is 33.2. The molecular weight excluding hydrogens is 596 g/mol. The van der Waals surface area contributed by atoms with E-state index in [2.05, 4.69) is 15.2 Å². The van der Waals surface area contributed by atoms with E-state index >= 15 is 0 Å². The zero-order valence-electron chi connectivity index (χ0n) is 26.6. The molecule has 0 radical (unpaired) electrons. The highest BCUT2D eigenvalue weighted by atomic mass is 16.8. The number of ether oxygens (including phenoxy) is 4. The van der Waals surface area contributed by atoms with Gasteiger partial charge in [-0.15, -0.1) is 0 Å². The van der Waals surface area contributed by atoms with Crippen LogP contribution in [0.2, 0.25) is 0 Å². The van der Waals surface area contributed by atoms with Crippen LogP contribution in [0.15, 0.2) is 48.9 Å². The van der Waals surface area contributed by atoms with E-state index in [-0.39, 0.29) is 17.4 Å². The summed E-state index contributed by atoms with van der Waals surface area (Å²) in [6.45, 7) is 10.8. The van der Waals surface area contributed by atoms with Crippen molar-refractivity contribution in [2.24, 2.45) is 0 Å². The normalized spacial score (nSPS) is 14.1. The monoisotopic (exact) mass is 632 g/mol. The number of nitrogens with zero attached hydrogens (tertiary/aromatic N) is 6. The van der Waals surface area contributed by atoms with Crippen molar-refractivity contribution in [3.05, 3.63) is 54.5 Å². The number of aromatic nitrogens is 5. The number of amides is 2. The minimum Gasteiger partial charge on any atom is -0.443 e. The smallest absolute Gasteiger partial charge is 0.443 e. The average molecular weight is 633 g/mol. The second-order valence-electron chi connectivity index (χ2n) is 12.7. The summed E-state index contributed by atoms with van der Waals surface area (Å²) in [5, 5.41) is 9.08. The molecule has 46 heavy (non-hydrogen) atoms. The van der Waals surface area contributed by atoms with E-state index in [0.29, 0.717) is 46.2 Å². The predicted molar refractivity (Wildman–Crippen MR) is 166 cm³/mol. The lowest BCUT2D eigenvalue weighted by atomic mass is 10.1. The van der Waals surface area contributed by atoms with E-state index in [9.17, 15) is 19.2 Å². The van der Waals surface area contributed by atoms with Gasteiger partial charge in [0.2, 0.25) is 0 Å². The standard InChI is InChI=1S/C32H36N6O8/c1-31(2,3)45-29(41)36(28(40)44-30(42)46-32(4,5)6)27-26-23(24-10-13-34-37(24)22-11-14-43-15-12-22)17-25(38(26)35-19-33-27)21-9-7-8-20(16-21)18-39/h7-10,13,16-19,22H,11-12,14-15H2,1-6H3. The van der Waals surface area contributed by atoms with Gasteiger partial charge < -0.3 is 18.9 Å². The van der Waals surface area contributed by atoms with Crippen LogP contribution in [0.1, 0.15) is 70.8 Å². The number of rotatable bonds is 5. The SMILES string of the molecule is CC(C)(C)OC(=O)OC(=O)N(C(=O)OC(C)(C)C)c1ncnn2c(-c3cccc(C=O)c3)cc(-c3ccnn3C3CCOCC3)c12. The van der Waals surface area contributed by atoms with Gasteiger partial charge in [0.25, 0.3) is 0 Å². The molecule has 1 aromatic carbocycles. The topological polar surface area (TPSA) is 156 Å². The van der Waals surface area contributed by atoms with Gasteiger partial charge in [0.15, 0.2) is 5.82 Å². The maximum absolute atomic E-state index is 13.7. The lowest BCUT2D eigenvalue weighted by Gasteiger charge is -2.26. The Morgan fingerprint density at radius 3 is 2.33 bits per heavy atom. The van der Waals surface area contributed by atoms with Crippen LogP contribution < -0.4 is 4.90 Å². The molecule has 0 aliphatic carbocycles. The Balaban J connectivity index is 1.75. The molecule has 1 fully saturated rings.